The van der Waals surface area contributed by atoms with Crippen LogP contribution in [-0.2, 0) is 9.53 Å². The fraction of sp³-hybridized carbons (Fsp3) is 0.958. The number of carbonyl (C=O) groups excluding carboxylic acids is 1. The molecule has 0 saturated heterocycles. The van der Waals surface area contributed by atoms with Gasteiger partial charge in [-0.25, -0.2) is 0 Å². The standard InChI is InChI=1S/C24H47ClO2/c1-3-5-7-9-11-13-14-16-18-20-22-27-24(26)23(25)21-19-17-15-12-10-8-6-4-2/h23H,3-22H2,1-2H3. The Morgan fingerprint density at radius 2 is 1.00 bits per heavy atom. The molecule has 27 heavy (non-hydrogen) atoms. The van der Waals surface area contributed by atoms with E-state index in [4.69, 9.17) is 16.3 Å². The van der Waals surface area contributed by atoms with Gasteiger partial charge in [-0.1, -0.05) is 123 Å². The topological polar surface area (TPSA) is 26.3 Å². The minimum absolute atomic E-state index is 0.212. The lowest BCUT2D eigenvalue weighted by Crippen LogP contribution is -2.18. The average molecular weight is 403 g/mol. The van der Waals surface area contributed by atoms with Crippen molar-refractivity contribution in [2.75, 3.05) is 6.61 Å². The second kappa shape index (κ2) is 22.1. The first-order chi connectivity index (χ1) is 13.2. The van der Waals surface area contributed by atoms with E-state index >= 15 is 0 Å². The molecule has 0 radical (unpaired) electrons. The van der Waals surface area contributed by atoms with Crippen molar-refractivity contribution in [2.45, 2.75) is 141 Å². The molecule has 0 aliphatic rings. The maximum absolute atomic E-state index is 11.9. The van der Waals surface area contributed by atoms with E-state index in [1.54, 1.807) is 0 Å². The molecular formula is C24H47ClO2. The maximum atomic E-state index is 11.9. The van der Waals surface area contributed by atoms with E-state index in [2.05, 4.69) is 13.8 Å². The lowest BCUT2D eigenvalue weighted by Gasteiger charge is -2.10. The van der Waals surface area contributed by atoms with E-state index in [1.807, 2.05) is 0 Å². The minimum atomic E-state index is -0.451. The summed E-state index contributed by atoms with van der Waals surface area (Å²) in [6.45, 7) is 5.04. The van der Waals surface area contributed by atoms with Gasteiger partial charge in [0.25, 0.3) is 0 Å². The molecule has 0 rings (SSSR count). The summed E-state index contributed by atoms with van der Waals surface area (Å²) in [5.41, 5.74) is 0. The normalized spacial score (nSPS) is 12.3. The number of rotatable bonds is 21. The third-order valence-electron chi connectivity index (χ3n) is 5.31. The predicted molar refractivity (Wildman–Crippen MR) is 120 cm³/mol. The fourth-order valence-electron chi connectivity index (χ4n) is 3.43. The highest BCUT2D eigenvalue weighted by Crippen LogP contribution is 2.15. The summed E-state index contributed by atoms with van der Waals surface area (Å²) in [7, 11) is 0. The van der Waals surface area contributed by atoms with Crippen molar-refractivity contribution in [2.24, 2.45) is 0 Å². The Bertz CT molecular complexity index is 307. The van der Waals surface area contributed by atoms with Gasteiger partial charge < -0.3 is 4.74 Å². The Kier molecular flexibility index (Phi) is 21.9. The molecular weight excluding hydrogens is 356 g/mol. The van der Waals surface area contributed by atoms with Gasteiger partial charge in [0.1, 0.15) is 5.38 Å². The molecule has 2 nitrogen and oxygen atoms in total. The number of hydrogen-bond acceptors (Lipinski definition) is 2. The van der Waals surface area contributed by atoms with Crippen molar-refractivity contribution in [1.82, 2.24) is 0 Å². The first-order valence-corrected chi connectivity index (χ1v) is 12.5. The van der Waals surface area contributed by atoms with Crippen LogP contribution in [0.3, 0.4) is 0 Å². The molecule has 0 aliphatic heterocycles. The lowest BCUT2D eigenvalue weighted by molar-refractivity contribution is -0.143. The largest absolute Gasteiger partial charge is 0.465 e. The Balaban J connectivity index is 3.31. The third kappa shape index (κ3) is 20.3. The Hall–Kier alpha value is -0.240. The summed E-state index contributed by atoms with van der Waals surface area (Å²) in [6, 6.07) is 0. The maximum Gasteiger partial charge on any atom is 0.324 e. The zero-order valence-electron chi connectivity index (χ0n) is 18.4. The van der Waals surface area contributed by atoms with E-state index in [9.17, 15) is 4.79 Å². The van der Waals surface area contributed by atoms with Gasteiger partial charge in [0.2, 0.25) is 0 Å². The van der Waals surface area contributed by atoms with Gasteiger partial charge >= 0.3 is 5.97 Å². The summed E-state index contributed by atoms with van der Waals surface area (Å²) in [5.74, 6) is -0.212. The van der Waals surface area contributed by atoms with Gasteiger partial charge in [0.05, 0.1) is 6.61 Å². The van der Waals surface area contributed by atoms with Gasteiger partial charge in [0, 0.05) is 0 Å². The molecule has 0 aromatic heterocycles. The highest BCUT2D eigenvalue weighted by Gasteiger charge is 2.15. The van der Waals surface area contributed by atoms with Gasteiger partial charge in [-0.2, -0.15) is 0 Å². The summed E-state index contributed by atoms with van der Waals surface area (Å²) >= 11 is 6.17. The molecule has 3 heteroatoms. The van der Waals surface area contributed by atoms with Gasteiger partial charge in [0.15, 0.2) is 0 Å². The summed E-state index contributed by atoms with van der Waals surface area (Å²) in [6.07, 6.45) is 23.8. The van der Waals surface area contributed by atoms with Crippen LogP contribution >= 0.6 is 11.6 Å². The van der Waals surface area contributed by atoms with Crippen LogP contribution in [0.25, 0.3) is 0 Å². The fourth-order valence-corrected chi connectivity index (χ4v) is 3.65. The molecule has 0 fully saturated rings. The quantitative estimate of drug-likeness (QED) is 0.109. The third-order valence-corrected chi connectivity index (χ3v) is 5.71. The van der Waals surface area contributed by atoms with Crippen molar-refractivity contribution in [3.63, 3.8) is 0 Å². The molecule has 0 bridgehead atoms. The van der Waals surface area contributed by atoms with Gasteiger partial charge in [-0.3, -0.25) is 4.79 Å². The van der Waals surface area contributed by atoms with Crippen LogP contribution in [0.1, 0.15) is 136 Å². The van der Waals surface area contributed by atoms with Crippen LogP contribution in [0, 0.1) is 0 Å². The number of esters is 1. The van der Waals surface area contributed by atoms with E-state index in [-0.39, 0.29) is 5.97 Å². The second-order valence-electron chi connectivity index (χ2n) is 8.08. The first kappa shape index (κ1) is 26.8. The Labute approximate surface area is 175 Å². The van der Waals surface area contributed by atoms with E-state index in [0.29, 0.717) is 6.61 Å². The van der Waals surface area contributed by atoms with E-state index < -0.39 is 5.38 Å². The van der Waals surface area contributed by atoms with Crippen LogP contribution in [-0.4, -0.2) is 18.0 Å². The highest BCUT2D eigenvalue weighted by molar-refractivity contribution is 6.29. The number of alkyl halides is 1. The van der Waals surface area contributed by atoms with Crippen LogP contribution < -0.4 is 0 Å². The zero-order chi connectivity index (χ0) is 20.0. The molecule has 1 atom stereocenters. The first-order valence-electron chi connectivity index (χ1n) is 12.0. The van der Waals surface area contributed by atoms with Crippen molar-refractivity contribution < 1.29 is 9.53 Å². The molecule has 0 aliphatic carbocycles. The number of carbonyl (C=O) groups is 1. The number of hydrogen-bond donors (Lipinski definition) is 0. The molecule has 1 unspecified atom stereocenters. The van der Waals surface area contributed by atoms with E-state index in [1.165, 1.54) is 96.3 Å². The van der Waals surface area contributed by atoms with Gasteiger partial charge in [-0.05, 0) is 12.8 Å². The Morgan fingerprint density at radius 3 is 1.44 bits per heavy atom. The molecule has 0 amide bonds. The Morgan fingerprint density at radius 1 is 0.630 bits per heavy atom. The van der Waals surface area contributed by atoms with Crippen LogP contribution in [0.15, 0.2) is 0 Å². The summed E-state index contributed by atoms with van der Waals surface area (Å²) in [5, 5.41) is -0.451. The van der Waals surface area contributed by atoms with Crippen LogP contribution in [0.5, 0.6) is 0 Å². The number of halogens is 1. The molecule has 0 aromatic carbocycles. The molecule has 0 spiro atoms. The van der Waals surface area contributed by atoms with Crippen LogP contribution in [0.4, 0.5) is 0 Å². The summed E-state index contributed by atoms with van der Waals surface area (Å²) < 4.78 is 5.33. The lowest BCUT2D eigenvalue weighted by atomic mass is 10.1. The second-order valence-corrected chi connectivity index (χ2v) is 8.61. The van der Waals surface area contributed by atoms with Crippen molar-refractivity contribution in [3.05, 3.63) is 0 Å². The van der Waals surface area contributed by atoms with Gasteiger partial charge in [-0.15, -0.1) is 11.6 Å². The van der Waals surface area contributed by atoms with Crippen molar-refractivity contribution >= 4 is 17.6 Å². The highest BCUT2D eigenvalue weighted by atomic mass is 35.5. The number of ether oxygens (including phenoxy) is 1. The van der Waals surface area contributed by atoms with E-state index in [0.717, 1.165) is 25.7 Å². The molecule has 162 valence electrons. The monoisotopic (exact) mass is 402 g/mol. The zero-order valence-corrected chi connectivity index (χ0v) is 19.2. The average Bonchev–Trinajstić information content (AvgIpc) is 2.67. The van der Waals surface area contributed by atoms with Crippen molar-refractivity contribution in [3.8, 4) is 0 Å². The van der Waals surface area contributed by atoms with Crippen LogP contribution in [0.2, 0.25) is 0 Å². The summed E-state index contributed by atoms with van der Waals surface area (Å²) in [4.78, 5) is 11.9. The molecule has 0 heterocycles. The number of unbranched alkanes of at least 4 members (excludes halogenated alkanes) is 16. The molecule has 0 aromatic rings. The molecule has 0 N–H and O–H groups in total. The predicted octanol–water partition coefficient (Wildman–Crippen LogP) is 8.59. The van der Waals surface area contributed by atoms with Crippen molar-refractivity contribution in [1.29, 1.82) is 0 Å². The molecule has 0 saturated carbocycles. The minimum Gasteiger partial charge on any atom is -0.465 e. The SMILES string of the molecule is CCCCCCCCCCCCOC(=O)C(Cl)CCCCCCCCCC. The smallest absolute Gasteiger partial charge is 0.324 e.